The quantitative estimate of drug-likeness (QED) is 0.364. The normalized spacial score (nSPS) is 16.3. The van der Waals surface area contributed by atoms with Crippen LogP contribution in [0.3, 0.4) is 0 Å². The summed E-state index contributed by atoms with van der Waals surface area (Å²) in [4.78, 5) is 20.2. The van der Waals surface area contributed by atoms with Gasteiger partial charge >= 0.3 is 6.03 Å². The molecule has 166 valence electrons. The van der Waals surface area contributed by atoms with E-state index in [0.717, 1.165) is 10.4 Å². The SMILES string of the molecule is CC1=C(c2nc(-c3cccs3)no2)C(c2ccc(F)cc2)NC(=O)N1Cc1ccccc1Cl. The molecule has 0 spiro atoms. The first kappa shape index (κ1) is 21.4. The summed E-state index contributed by atoms with van der Waals surface area (Å²) in [7, 11) is 0. The highest BCUT2D eigenvalue weighted by atomic mass is 35.5. The maximum atomic E-state index is 13.6. The largest absolute Gasteiger partial charge is 0.334 e. The number of halogens is 2. The van der Waals surface area contributed by atoms with Crippen LogP contribution in [0.4, 0.5) is 9.18 Å². The fraction of sp³-hybridized carbons (Fsp3) is 0.125. The summed E-state index contributed by atoms with van der Waals surface area (Å²) in [6.45, 7) is 2.10. The summed E-state index contributed by atoms with van der Waals surface area (Å²) < 4.78 is 19.2. The van der Waals surface area contributed by atoms with Gasteiger partial charge in [0.25, 0.3) is 5.89 Å². The van der Waals surface area contributed by atoms with Crippen LogP contribution in [0, 0.1) is 5.82 Å². The minimum absolute atomic E-state index is 0.267. The minimum atomic E-state index is -0.586. The molecule has 1 aliphatic rings. The lowest BCUT2D eigenvalue weighted by Gasteiger charge is -2.35. The van der Waals surface area contributed by atoms with Crippen LogP contribution >= 0.6 is 22.9 Å². The summed E-state index contributed by atoms with van der Waals surface area (Å²) in [6, 6.07) is 16.3. The number of carbonyl (C=O) groups excluding carboxylic acids is 1. The van der Waals surface area contributed by atoms with Gasteiger partial charge in [-0.25, -0.2) is 9.18 Å². The Labute approximate surface area is 198 Å². The van der Waals surface area contributed by atoms with Crippen LogP contribution in [0.2, 0.25) is 5.02 Å². The Morgan fingerprint density at radius 2 is 1.94 bits per heavy atom. The number of urea groups is 1. The smallest absolute Gasteiger partial charge is 0.322 e. The third-order valence-electron chi connectivity index (χ3n) is 5.48. The molecule has 0 saturated heterocycles. The van der Waals surface area contributed by atoms with Gasteiger partial charge in [0.15, 0.2) is 0 Å². The van der Waals surface area contributed by atoms with Gasteiger partial charge in [-0.3, -0.25) is 4.90 Å². The predicted molar refractivity (Wildman–Crippen MR) is 125 cm³/mol. The molecule has 0 bridgehead atoms. The lowest BCUT2D eigenvalue weighted by molar-refractivity contribution is 0.203. The van der Waals surface area contributed by atoms with Crippen molar-refractivity contribution >= 4 is 34.5 Å². The van der Waals surface area contributed by atoms with Gasteiger partial charge in [0.05, 0.1) is 23.0 Å². The van der Waals surface area contributed by atoms with Gasteiger partial charge in [-0.15, -0.1) is 11.3 Å². The molecule has 2 amide bonds. The number of nitrogens with one attached hydrogen (secondary N) is 1. The number of thiophene rings is 1. The Morgan fingerprint density at radius 1 is 1.15 bits per heavy atom. The first-order chi connectivity index (χ1) is 16.0. The molecule has 9 heteroatoms. The maximum absolute atomic E-state index is 13.6. The molecular formula is C24H18ClFN4O2S. The Kier molecular flexibility index (Phi) is 5.70. The molecule has 2 aromatic carbocycles. The van der Waals surface area contributed by atoms with Gasteiger partial charge in [-0.1, -0.05) is 53.2 Å². The number of aromatic nitrogens is 2. The summed E-state index contributed by atoms with van der Waals surface area (Å²) in [6.07, 6.45) is 0. The summed E-state index contributed by atoms with van der Waals surface area (Å²) in [5, 5.41) is 9.64. The lowest BCUT2D eigenvalue weighted by atomic mass is 9.94. The van der Waals surface area contributed by atoms with Crippen molar-refractivity contribution in [2.75, 3.05) is 0 Å². The Morgan fingerprint density at radius 3 is 2.67 bits per heavy atom. The molecule has 0 radical (unpaired) electrons. The molecule has 0 saturated carbocycles. The third-order valence-corrected chi connectivity index (χ3v) is 6.72. The van der Waals surface area contributed by atoms with Crippen LogP contribution < -0.4 is 5.32 Å². The zero-order valence-corrected chi connectivity index (χ0v) is 19.0. The van der Waals surface area contributed by atoms with E-state index in [9.17, 15) is 9.18 Å². The number of allylic oxidation sites excluding steroid dienone is 1. The zero-order valence-electron chi connectivity index (χ0n) is 17.5. The van der Waals surface area contributed by atoms with Crippen LogP contribution in [0.1, 0.15) is 30.0 Å². The fourth-order valence-electron chi connectivity index (χ4n) is 3.79. The van der Waals surface area contributed by atoms with Gasteiger partial charge in [0, 0.05) is 10.7 Å². The van der Waals surface area contributed by atoms with Crippen molar-refractivity contribution in [3.63, 3.8) is 0 Å². The highest BCUT2D eigenvalue weighted by Crippen LogP contribution is 2.38. The van der Waals surface area contributed by atoms with E-state index in [1.165, 1.54) is 23.5 Å². The van der Waals surface area contributed by atoms with E-state index < -0.39 is 6.04 Å². The highest BCUT2D eigenvalue weighted by Gasteiger charge is 2.36. The van der Waals surface area contributed by atoms with E-state index in [-0.39, 0.29) is 24.3 Å². The summed E-state index contributed by atoms with van der Waals surface area (Å²) in [5.41, 5.74) is 2.79. The third kappa shape index (κ3) is 4.15. The molecule has 0 fully saturated rings. The molecule has 33 heavy (non-hydrogen) atoms. The first-order valence-corrected chi connectivity index (χ1v) is 11.4. The molecule has 2 aromatic heterocycles. The van der Waals surface area contributed by atoms with Crippen molar-refractivity contribution in [3.05, 3.63) is 99.6 Å². The second-order valence-electron chi connectivity index (χ2n) is 7.51. The summed E-state index contributed by atoms with van der Waals surface area (Å²) in [5.74, 6) is 0.392. The lowest BCUT2D eigenvalue weighted by Crippen LogP contribution is -2.45. The topological polar surface area (TPSA) is 71.3 Å². The van der Waals surface area contributed by atoms with Crippen LogP contribution in [-0.2, 0) is 6.54 Å². The fourth-order valence-corrected chi connectivity index (χ4v) is 4.63. The second kappa shape index (κ2) is 8.80. The average molecular weight is 481 g/mol. The van der Waals surface area contributed by atoms with E-state index >= 15 is 0 Å². The van der Waals surface area contributed by atoms with Gasteiger partial charge in [-0.05, 0) is 47.7 Å². The molecule has 5 rings (SSSR count). The molecule has 1 atom stereocenters. The Hall–Kier alpha value is -3.49. The Balaban J connectivity index is 1.61. The van der Waals surface area contributed by atoms with Gasteiger partial charge in [0.1, 0.15) is 5.82 Å². The molecule has 1 N–H and O–H groups in total. The van der Waals surface area contributed by atoms with E-state index in [1.807, 2.05) is 42.6 Å². The number of nitrogens with zero attached hydrogens (tertiary/aromatic N) is 3. The van der Waals surface area contributed by atoms with Gasteiger partial charge < -0.3 is 9.84 Å². The van der Waals surface area contributed by atoms with Crippen molar-refractivity contribution in [2.45, 2.75) is 19.5 Å². The van der Waals surface area contributed by atoms with Crippen LogP contribution in [0.15, 0.2) is 76.3 Å². The molecule has 0 aliphatic carbocycles. The zero-order chi connectivity index (χ0) is 22.9. The van der Waals surface area contributed by atoms with Crippen molar-refractivity contribution < 1.29 is 13.7 Å². The van der Waals surface area contributed by atoms with Crippen LogP contribution in [0.5, 0.6) is 0 Å². The number of hydrogen-bond acceptors (Lipinski definition) is 5. The van der Waals surface area contributed by atoms with Crippen molar-refractivity contribution in [1.82, 2.24) is 20.4 Å². The number of rotatable bonds is 5. The van der Waals surface area contributed by atoms with Gasteiger partial charge in [-0.2, -0.15) is 4.98 Å². The number of hydrogen-bond donors (Lipinski definition) is 1. The van der Waals surface area contributed by atoms with Gasteiger partial charge in [0.2, 0.25) is 5.82 Å². The Bertz CT molecular complexity index is 1330. The number of amides is 2. The number of carbonyl (C=O) groups is 1. The second-order valence-corrected chi connectivity index (χ2v) is 8.87. The predicted octanol–water partition coefficient (Wildman–Crippen LogP) is 6.29. The monoisotopic (exact) mass is 480 g/mol. The van der Waals surface area contributed by atoms with E-state index in [2.05, 4.69) is 15.5 Å². The molecule has 1 unspecified atom stereocenters. The number of benzene rings is 2. The minimum Gasteiger partial charge on any atom is -0.334 e. The van der Waals surface area contributed by atoms with Crippen molar-refractivity contribution in [1.29, 1.82) is 0 Å². The van der Waals surface area contributed by atoms with Crippen molar-refractivity contribution in [3.8, 4) is 10.7 Å². The van der Waals surface area contributed by atoms with Crippen LogP contribution in [-0.4, -0.2) is 21.1 Å². The summed E-state index contributed by atoms with van der Waals surface area (Å²) >= 11 is 7.84. The van der Waals surface area contributed by atoms with E-state index in [4.69, 9.17) is 16.1 Å². The highest BCUT2D eigenvalue weighted by molar-refractivity contribution is 7.13. The van der Waals surface area contributed by atoms with E-state index in [0.29, 0.717) is 27.7 Å². The standard InChI is InChI=1S/C24H18ClFN4O2S/c1-14-20(23-28-22(29-32-23)19-7-4-12-33-19)21(15-8-10-17(26)11-9-15)27-24(31)30(14)13-16-5-2-3-6-18(16)25/h2-12,21H,13H2,1H3,(H,27,31). The molecule has 6 nitrogen and oxygen atoms in total. The van der Waals surface area contributed by atoms with Crippen molar-refractivity contribution in [2.24, 2.45) is 0 Å². The maximum Gasteiger partial charge on any atom is 0.322 e. The molecular weight excluding hydrogens is 463 g/mol. The molecule has 4 aromatic rings. The van der Waals surface area contributed by atoms with Crippen LogP contribution in [0.25, 0.3) is 16.3 Å². The molecule has 3 heterocycles. The molecule has 1 aliphatic heterocycles. The van der Waals surface area contributed by atoms with E-state index in [1.54, 1.807) is 23.1 Å². The first-order valence-electron chi connectivity index (χ1n) is 10.2. The average Bonchev–Trinajstić information content (AvgIpc) is 3.50.